The molecule has 0 amide bonds. The fourth-order valence-corrected chi connectivity index (χ4v) is 13.2. The Morgan fingerprint density at radius 3 is 1.37 bits per heavy atom. The molecule has 0 radical (unpaired) electrons. The lowest BCUT2D eigenvalue weighted by Crippen LogP contribution is -2.27. The van der Waals surface area contributed by atoms with E-state index in [0.717, 1.165) is 59.9 Å². The van der Waals surface area contributed by atoms with Gasteiger partial charge in [-0.05, 0) is 173 Å². The molecular weight excluding hydrogens is 483 g/mol. The van der Waals surface area contributed by atoms with Crippen molar-refractivity contribution in [1.29, 1.82) is 0 Å². The third-order valence-corrected chi connectivity index (χ3v) is 13.7. The Morgan fingerprint density at radius 2 is 0.947 bits per heavy atom. The minimum absolute atomic E-state index is 0.750. The van der Waals surface area contributed by atoms with E-state index in [1.54, 1.807) is 51.4 Å². The molecule has 18 atom stereocenters. The topological polar surface area (TPSA) is 34.1 Å². The van der Waals surface area contributed by atoms with Gasteiger partial charge in [0.2, 0.25) is 0 Å². The van der Waals surface area contributed by atoms with Crippen molar-refractivity contribution in [3.8, 4) is 0 Å². The summed E-state index contributed by atoms with van der Waals surface area (Å²) < 4.78 is 12.4. The smallest absolute Gasteiger partial charge is 0.116 e. The molecule has 18 unspecified atom stereocenters. The molecule has 0 aromatic rings. The summed E-state index contributed by atoms with van der Waals surface area (Å²) in [4.78, 5) is 17.6. The Labute approximate surface area is 237 Å². The molecule has 10 aliphatic carbocycles. The van der Waals surface area contributed by atoms with Gasteiger partial charge >= 0.3 is 0 Å². The maximum atomic E-state index is 8.81. The average Bonchev–Trinajstić information content (AvgIpc) is 3.74. The van der Waals surface area contributed by atoms with E-state index in [-0.39, 0.29) is 0 Å². The quantitative estimate of drug-likeness (QED) is 0.178. The van der Waals surface area contributed by atoms with Gasteiger partial charge in [0, 0.05) is 2.74 Å². The second-order valence-electron chi connectivity index (χ2n) is 14.5. The highest BCUT2D eigenvalue weighted by Gasteiger charge is 2.63. The van der Waals surface area contributed by atoms with Crippen LogP contribution in [0.4, 0.5) is 0 Å². The predicted molar refractivity (Wildman–Crippen MR) is 159 cm³/mol. The maximum Gasteiger partial charge on any atom is 0.116 e. The van der Waals surface area contributed by atoms with E-state index < -0.39 is 6.62 Å². The van der Waals surface area contributed by atoms with E-state index >= 15 is 0 Å². The zero-order valence-electron chi connectivity index (χ0n) is 25.7. The fourth-order valence-electron chi connectivity index (χ4n) is 13.2. The van der Waals surface area contributed by atoms with Crippen molar-refractivity contribution < 1.29 is 12.3 Å². The van der Waals surface area contributed by atoms with Crippen molar-refractivity contribution in [1.82, 2.24) is 0 Å². The summed E-state index contributed by atoms with van der Waals surface area (Å²) in [6.07, 6.45) is 27.7. The first-order valence-corrected chi connectivity index (χ1v) is 16.8. The Balaban J connectivity index is 0.000000110. The number of hydrogen-bond acceptors (Lipinski definition) is 2. The highest BCUT2D eigenvalue weighted by molar-refractivity contribution is 7.15. The number of rotatable bonds is 0. The van der Waals surface area contributed by atoms with Crippen LogP contribution in [0, 0.1) is 94.7 Å². The van der Waals surface area contributed by atoms with Gasteiger partial charge in [-0.1, -0.05) is 30.9 Å². The van der Waals surface area contributed by atoms with Gasteiger partial charge < -0.3 is 9.59 Å². The van der Waals surface area contributed by atoms with Gasteiger partial charge in [0.05, 0.1) is 0 Å². The van der Waals surface area contributed by atoms with E-state index in [1.165, 1.54) is 74.0 Å². The van der Waals surface area contributed by atoms with Gasteiger partial charge in [-0.15, -0.1) is 9.24 Å². The van der Waals surface area contributed by atoms with Crippen LogP contribution in [-0.2, 0) is 9.59 Å². The van der Waals surface area contributed by atoms with E-state index in [4.69, 9.17) is 12.3 Å². The zero-order valence-corrected chi connectivity index (χ0v) is 24.9. The Hall–Kier alpha value is -0.750. The molecule has 10 rings (SSSR count). The summed E-state index contributed by atoms with van der Waals surface area (Å²) in [6, 6.07) is 0. The molecule has 0 aliphatic heterocycles. The molecule has 8 bridgehead atoms. The van der Waals surface area contributed by atoms with Crippen LogP contribution in [0.5, 0.6) is 0 Å². The van der Waals surface area contributed by atoms with E-state index in [1.807, 2.05) is 9.24 Å². The summed E-state index contributed by atoms with van der Waals surface area (Å²) in [5.74, 6) is 18.1. The van der Waals surface area contributed by atoms with E-state index in [0.29, 0.717) is 0 Å². The van der Waals surface area contributed by atoms with Crippen LogP contribution in [0.3, 0.4) is 0 Å². The molecule has 38 heavy (non-hydrogen) atoms. The first kappa shape index (κ1) is 25.0. The van der Waals surface area contributed by atoms with Gasteiger partial charge in [-0.2, -0.15) is 0 Å². The molecule has 8 saturated carbocycles. The van der Waals surface area contributed by atoms with Crippen molar-refractivity contribution in [2.75, 3.05) is 6.62 Å². The number of carbonyl (C=O) groups excluding carboxylic acids is 2. The maximum absolute atomic E-state index is 8.81. The van der Waals surface area contributed by atoms with Gasteiger partial charge in [0.1, 0.15) is 12.6 Å². The molecule has 0 spiro atoms. The normalized spacial score (nSPS) is 55.9. The fraction of sp³-hybridized carbons (Fsp3) is 0.829. The molecule has 0 N–H and O–H groups in total. The van der Waals surface area contributed by atoms with Crippen molar-refractivity contribution in [2.45, 2.75) is 78.1 Å². The van der Waals surface area contributed by atoms with Gasteiger partial charge in [-0.25, -0.2) is 0 Å². The Bertz CT molecular complexity index is 906. The number of hydrogen-bond donors (Lipinski definition) is 0. The summed E-state index contributed by atoms with van der Waals surface area (Å²) >= 11 is 0. The third kappa shape index (κ3) is 4.20. The summed E-state index contributed by atoms with van der Waals surface area (Å²) in [7, 11) is 1.99. The number of fused-ring (bicyclic) bond motifs is 22. The standard InChI is InChI=1S/C15H22.C15H18.2C2H4O.CH5P/c2*1-3-10-5-8(1)12-7-13-9-2-4-11(6-9)15(13)14(10)12;2*1-2-3;1-2/h8-15H,1-7H2;1-4,8-15H,5-7H2;2*2H,1H3;2H2,1H3/i;;;;1TD. The number of aldehydes is 2. The van der Waals surface area contributed by atoms with Crippen LogP contribution >= 0.6 is 9.24 Å². The van der Waals surface area contributed by atoms with Crippen LogP contribution in [0.25, 0.3) is 0 Å². The van der Waals surface area contributed by atoms with Gasteiger partial charge in [-0.3, -0.25) is 0 Å². The van der Waals surface area contributed by atoms with Crippen molar-refractivity contribution in [2.24, 2.45) is 94.7 Å². The first-order chi connectivity index (χ1) is 19.4. The molecule has 0 saturated heterocycles. The second-order valence-corrected chi connectivity index (χ2v) is 14.5. The SMILES string of the molecule is C1=CC2CC1C1CC3C4C=CC(C4)C3C21.C1CC2CC1C1CC3C4CCC(C4)C3C21.CC=O.CC=O.[2H]C([3H])P. The lowest BCUT2D eigenvalue weighted by molar-refractivity contribution is -0.106. The van der Waals surface area contributed by atoms with Crippen molar-refractivity contribution >= 4 is 21.8 Å². The highest BCUT2D eigenvalue weighted by atomic mass is 31.0. The summed E-state index contributed by atoms with van der Waals surface area (Å²) in [5.41, 5.74) is 0. The number of carbonyl (C=O) groups is 2. The zero-order chi connectivity index (χ0) is 28.1. The van der Waals surface area contributed by atoms with Crippen molar-refractivity contribution in [3.05, 3.63) is 24.3 Å². The first-order valence-electron chi connectivity index (χ1n) is 17.3. The van der Waals surface area contributed by atoms with Crippen LogP contribution < -0.4 is 0 Å². The average molecular weight is 540 g/mol. The second kappa shape index (κ2) is 11.3. The van der Waals surface area contributed by atoms with Crippen LogP contribution in [0.1, 0.15) is 80.8 Å². The van der Waals surface area contributed by atoms with E-state index in [9.17, 15) is 0 Å². The molecule has 0 aromatic carbocycles. The lowest BCUT2D eigenvalue weighted by Gasteiger charge is -2.33. The van der Waals surface area contributed by atoms with Crippen LogP contribution in [-0.4, -0.2) is 19.2 Å². The largest absolute Gasteiger partial charge is 0.304 e. The van der Waals surface area contributed by atoms with Gasteiger partial charge in [0.25, 0.3) is 0 Å². The monoisotopic (exact) mass is 539 g/mol. The predicted octanol–water partition coefficient (Wildman–Crippen LogP) is 7.88. The highest BCUT2D eigenvalue weighted by Crippen LogP contribution is 2.71. The summed E-state index contributed by atoms with van der Waals surface area (Å²) in [6.45, 7) is 2.14. The molecule has 210 valence electrons. The van der Waals surface area contributed by atoms with Gasteiger partial charge in [0.15, 0.2) is 0 Å². The number of allylic oxidation sites excluding steroid dienone is 4. The Kier molecular flexibility index (Phi) is 7.41. The molecule has 8 fully saturated rings. The van der Waals surface area contributed by atoms with Crippen LogP contribution in [0.2, 0.25) is 0 Å². The molecular formula is C35H53O2P. The van der Waals surface area contributed by atoms with Crippen molar-refractivity contribution in [3.63, 3.8) is 0 Å². The van der Waals surface area contributed by atoms with E-state index in [2.05, 4.69) is 24.3 Å². The minimum atomic E-state index is -0.750. The summed E-state index contributed by atoms with van der Waals surface area (Å²) in [5, 5.41) is 0. The molecule has 10 aliphatic rings. The minimum Gasteiger partial charge on any atom is -0.304 e. The molecule has 3 heteroatoms. The lowest BCUT2D eigenvalue weighted by atomic mass is 9.72. The Morgan fingerprint density at radius 1 is 0.605 bits per heavy atom. The van der Waals surface area contributed by atoms with Crippen LogP contribution in [0.15, 0.2) is 24.3 Å². The molecule has 2 nitrogen and oxygen atoms in total. The molecule has 0 aromatic heterocycles. The molecule has 0 heterocycles. The third-order valence-electron chi connectivity index (χ3n) is 13.7.